The van der Waals surface area contributed by atoms with Crippen LogP contribution in [0.15, 0.2) is 18.2 Å². The Morgan fingerprint density at radius 2 is 2.04 bits per heavy atom. The largest absolute Gasteiger partial charge is 0.479 e. The van der Waals surface area contributed by atoms with Gasteiger partial charge in [-0.3, -0.25) is 4.79 Å². The van der Waals surface area contributed by atoms with E-state index >= 15 is 0 Å². The number of carbonyl (C=O) groups excluding carboxylic acids is 1. The molecule has 2 saturated carbocycles. The molecule has 0 aliphatic heterocycles. The van der Waals surface area contributed by atoms with Crippen LogP contribution in [0.5, 0.6) is 5.75 Å². The van der Waals surface area contributed by atoms with Crippen molar-refractivity contribution in [2.75, 3.05) is 0 Å². The lowest BCUT2D eigenvalue weighted by molar-refractivity contribution is -0.128. The summed E-state index contributed by atoms with van der Waals surface area (Å²) in [5, 5.41) is 4.09. The molecule has 0 saturated heterocycles. The Morgan fingerprint density at radius 1 is 1.26 bits per heavy atom. The van der Waals surface area contributed by atoms with Crippen LogP contribution in [0.3, 0.4) is 0 Å². The first-order valence-corrected chi connectivity index (χ1v) is 9.11. The number of fused-ring (bicyclic) bond motifs is 2. The molecule has 3 rings (SSSR count). The average molecular weight is 356 g/mol. The molecule has 5 heteroatoms. The summed E-state index contributed by atoms with van der Waals surface area (Å²) in [5.74, 6) is 2.67. The molecule has 2 bridgehead atoms. The predicted molar refractivity (Wildman–Crippen MR) is 93.1 cm³/mol. The topological polar surface area (TPSA) is 38.3 Å². The molecule has 1 amide bonds. The summed E-state index contributed by atoms with van der Waals surface area (Å²) in [6.45, 7) is 3.86. The number of nitrogens with one attached hydrogen (secondary N) is 1. The molecule has 0 unspecified atom stereocenters. The quantitative estimate of drug-likeness (QED) is 0.830. The molecule has 5 atom stereocenters. The van der Waals surface area contributed by atoms with Gasteiger partial charge in [0.15, 0.2) is 6.10 Å². The van der Waals surface area contributed by atoms with Crippen LogP contribution < -0.4 is 10.1 Å². The normalized spacial score (nSPS) is 28.4. The van der Waals surface area contributed by atoms with Crippen molar-refractivity contribution >= 4 is 29.1 Å². The highest BCUT2D eigenvalue weighted by molar-refractivity contribution is 6.35. The molecule has 3 nitrogen and oxygen atoms in total. The number of benzene rings is 1. The Hall–Kier alpha value is -0.930. The first kappa shape index (κ1) is 16.9. The maximum Gasteiger partial charge on any atom is 0.260 e. The Bertz CT molecular complexity index is 592. The highest BCUT2D eigenvalue weighted by atomic mass is 35.5. The first-order valence-electron chi connectivity index (χ1n) is 8.36. The van der Waals surface area contributed by atoms with Gasteiger partial charge in [0.25, 0.3) is 5.91 Å². The van der Waals surface area contributed by atoms with Crippen molar-refractivity contribution in [2.24, 2.45) is 17.8 Å². The number of hydrogen-bond donors (Lipinski definition) is 1. The van der Waals surface area contributed by atoms with Gasteiger partial charge in [0.2, 0.25) is 0 Å². The zero-order valence-corrected chi connectivity index (χ0v) is 15.0. The molecule has 0 radical (unpaired) electrons. The van der Waals surface area contributed by atoms with Crippen molar-refractivity contribution in [1.29, 1.82) is 0 Å². The number of ether oxygens (including phenoxy) is 1. The average Bonchev–Trinajstić information content (AvgIpc) is 3.12. The Kier molecular flexibility index (Phi) is 5.07. The van der Waals surface area contributed by atoms with E-state index in [9.17, 15) is 4.79 Å². The lowest BCUT2D eigenvalue weighted by atomic mass is 9.84. The summed E-state index contributed by atoms with van der Waals surface area (Å²) < 4.78 is 5.68. The second-order valence-electron chi connectivity index (χ2n) is 6.97. The Balaban J connectivity index is 1.55. The highest BCUT2D eigenvalue weighted by Gasteiger charge is 2.42. The summed E-state index contributed by atoms with van der Waals surface area (Å²) in [6, 6.07) is 5.20. The minimum absolute atomic E-state index is 0.0914. The minimum atomic E-state index is -0.588. The molecule has 0 spiro atoms. The maximum absolute atomic E-state index is 12.4. The van der Waals surface area contributed by atoms with E-state index in [0.717, 1.165) is 11.8 Å². The second-order valence-corrected chi connectivity index (χ2v) is 7.81. The van der Waals surface area contributed by atoms with Gasteiger partial charge in [0.05, 0.1) is 5.02 Å². The zero-order chi connectivity index (χ0) is 16.6. The number of amides is 1. The molecule has 1 aromatic rings. The molecule has 2 aliphatic rings. The number of rotatable bonds is 5. The molecule has 2 aliphatic carbocycles. The standard InChI is InChI=1S/C18H23Cl2NO2/c1-10(15-8-12-3-4-13(15)7-12)21-18(22)11(2)23-17-6-5-14(19)9-16(17)20/h5-6,9-13,15H,3-4,7-8H2,1-2H3,(H,21,22)/t10-,11-,12-,13+,15+/m1/s1. The van der Waals surface area contributed by atoms with E-state index in [-0.39, 0.29) is 11.9 Å². The zero-order valence-electron chi connectivity index (χ0n) is 13.5. The molecule has 1 N–H and O–H groups in total. The van der Waals surface area contributed by atoms with Crippen molar-refractivity contribution in [3.8, 4) is 5.75 Å². The number of hydrogen-bond acceptors (Lipinski definition) is 2. The van der Waals surface area contributed by atoms with Crippen molar-refractivity contribution in [1.82, 2.24) is 5.32 Å². The van der Waals surface area contributed by atoms with Gasteiger partial charge in [-0.05, 0) is 69.1 Å². The van der Waals surface area contributed by atoms with E-state index in [4.69, 9.17) is 27.9 Å². The summed E-state index contributed by atoms with van der Waals surface area (Å²) in [4.78, 5) is 12.4. The van der Waals surface area contributed by atoms with Gasteiger partial charge in [0.1, 0.15) is 5.75 Å². The minimum Gasteiger partial charge on any atom is -0.479 e. The van der Waals surface area contributed by atoms with E-state index < -0.39 is 6.10 Å². The second kappa shape index (κ2) is 6.90. The lowest BCUT2D eigenvalue weighted by Crippen LogP contribution is -2.45. The molecular formula is C18H23Cl2NO2. The third-order valence-electron chi connectivity index (χ3n) is 5.37. The third kappa shape index (κ3) is 3.77. The Labute approximate surface area is 147 Å². The highest BCUT2D eigenvalue weighted by Crippen LogP contribution is 2.49. The number of halogens is 2. The van der Waals surface area contributed by atoms with Crippen LogP contribution in [-0.4, -0.2) is 18.1 Å². The van der Waals surface area contributed by atoms with Crippen LogP contribution >= 0.6 is 23.2 Å². The summed E-state index contributed by atoms with van der Waals surface area (Å²) >= 11 is 12.0. The van der Waals surface area contributed by atoms with E-state index in [0.29, 0.717) is 21.7 Å². The van der Waals surface area contributed by atoms with E-state index in [1.54, 1.807) is 25.1 Å². The van der Waals surface area contributed by atoms with E-state index in [1.165, 1.54) is 25.7 Å². The molecule has 0 heterocycles. The van der Waals surface area contributed by atoms with E-state index in [1.807, 2.05) is 0 Å². The molecule has 126 valence electrons. The lowest BCUT2D eigenvalue weighted by Gasteiger charge is -2.29. The van der Waals surface area contributed by atoms with Crippen LogP contribution in [-0.2, 0) is 4.79 Å². The van der Waals surface area contributed by atoms with Gasteiger partial charge >= 0.3 is 0 Å². The van der Waals surface area contributed by atoms with Gasteiger partial charge in [-0.2, -0.15) is 0 Å². The predicted octanol–water partition coefficient (Wildman–Crippen LogP) is 4.70. The van der Waals surface area contributed by atoms with Gasteiger partial charge in [0, 0.05) is 11.1 Å². The monoisotopic (exact) mass is 355 g/mol. The molecule has 0 aromatic heterocycles. The summed E-state index contributed by atoms with van der Waals surface area (Å²) in [5.41, 5.74) is 0. The summed E-state index contributed by atoms with van der Waals surface area (Å²) in [6.07, 6.45) is 4.70. The van der Waals surface area contributed by atoms with Crippen LogP contribution in [0.4, 0.5) is 0 Å². The van der Waals surface area contributed by atoms with Crippen molar-refractivity contribution in [2.45, 2.75) is 51.7 Å². The van der Waals surface area contributed by atoms with Crippen molar-refractivity contribution < 1.29 is 9.53 Å². The maximum atomic E-state index is 12.4. The molecule has 2 fully saturated rings. The van der Waals surface area contributed by atoms with Gasteiger partial charge in [-0.25, -0.2) is 0 Å². The first-order chi connectivity index (χ1) is 10.9. The SMILES string of the molecule is C[C@@H](Oc1ccc(Cl)cc1Cl)C(=O)N[C@H](C)[C@@H]1C[C@@H]2CC[C@H]1C2. The van der Waals surface area contributed by atoms with Gasteiger partial charge in [-0.15, -0.1) is 0 Å². The smallest absolute Gasteiger partial charge is 0.260 e. The third-order valence-corrected chi connectivity index (χ3v) is 5.90. The molecular weight excluding hydrogens is 333 g/mol. The van der Waals surface area contributed by atoms with Crippen LogP contribution in [0.1, 0.15) is 39.5 Å². The Morgan fingerprint density at radius 3 is 2.65 bits per heavy atom. The van der Waals surface area contributed by atoms with Gasteiger partial charge in [-0.1, -0.05) is 29.6 Å². The molecule has 23 heavy (non-hydrogen) atoms. The molecule has 1 aromatic carbocycles. The van der Waals surface area contributed by atoms with Crippen LogP contribution in [0.25, 0.3) is 0 Å². The number of carbonyl (C=O) groups is 1. The van der Waals surface area contributed by atoms with E-state index in [2.05, 4.69) is 12.2 Å². The fraction of sp³-hybridized carbons (Fsp3) is 0.611. The van der Waals surface area contributed by atoms with Crippen LogP contribution in [0, 0.1) is 17.8 Å². The van der Waals surface area contributed by atoms with Crippen LogP contribution in [0.2, 0.25) is 10.0 Å². The van der Waals surface area contributed by atoms with Crippen molar-refractivity contribution in [3.63, 3.8) is 0 Å². The fourth-order valence-electron chi connectivity index (χ4n) is 4.17. The summed E-state index contributed by atoms with van der Waals surface area (Å²) in [7, 11) is 0. The fourth-order valence-corrected chi connectivity index (χ4v) is 4.62. The van der Waals surface area contributed by atoms with Gasteiger partial charge < -0.3 is 10.1 Å². The van der Waals surface area contributed by atoms with Crippen molar-refractivity contribution in [3.05, 3.63) is 28.2 Å².